The van der Waals surface area contributed by atoms with Crippen LogP contribution in [0.25, 0.3) is 0 Å². The van der Waals surface area contributed by atoms with E-state index in [-0.39, 0.29) is 244 Å². The molecule has 22 nitrogen and oxygen atoms in total. The van der Waals surface area contributed by atoms with Gasteiger partial charge in [-0.3, -0.25) is 12.6 Å². The third kappa shape index (κ3) is 147. The molecule has 1 saturated heterocycles. The van der Waals surface area contributed by atoms with Gasteiger partial charge >= 0.3 is 207 Å². The molecule has 5 N–H and O–H groups in total. The van der Waals surface area contributed by atoms with Crippen molar-refractivity contribution in [3.05, 3.63) is 0 Å². The van der Waals surface area contributed by atoms with Gasteiger partial charge in [0.25, 0.3) is 10.1 Å². The molecular weight excluding hydrogens is 825 g/mol. The molecule has 0 saturated carbocycles. The fraction of sp³-hybridized carbons (Fsp3) is 1.00. The molecule has 0 atom stereocenters. The summed E-state index contributed by atoms with van der Waals surface area (Å²) in [5.74, 6) is -1.89. The average molecular weight is 853 g/mol. The third-order valence-electron chi connectivity index (χ3n) is 2.14. The van der Waals surface area contributed by atoms with E-state index in [1.54, 1.807) is 0 Å². The van der Waals surface area contributed by atoms with E-state index in [0.29, 0.717) is 13.0 Å². The van der Waals surface area contributed by atoms with E-state index in [1.807, 2.05) is 0 Å². The Bertz CT molecular complexity index is 1130. The molecule has 0 aliphatic carbocycles. The monoisotopic (exact) mass is 852 g/mol. The Labute approximate surface area is 421 Å². The van der Waals surface area contributed by atoms with Crippen molar-refractivity contribution in [3.8, 4) is 0 Å². The van der Waals surface area contributed by atoms with Gasteiger partial charge in [0.05, 0.1) is 42.7 Å². The summed E-state index contributed by atoms with van der Waals surface area (Å²) >= 11 is 0. The standard InChI is InChI=1S/C3H8O6S2.C3H8O4S.C3H6O3S.CH4.7Na.H2O4S.O3S.2H2O/c4-10(5,6)2-1-3-11(7,8)9;4-2-1-3-8(5,6)7;4-7(5)3-1-2-6-7;;;;;;;;;1-5(2,3)4;1-4(2)3;;/h1-3H2,(H,4,5,6)(H,7,8,9);4H,1-3H2,(H,5,6,7);1-3H2;1H4;;;;;;;;(H2,1,2,3,4);;2*1H2/q;;;;7*+1;;-2;;/p-5. The minimum Gasteiger partial charge on any atom is -0.917 e. The number of hydrogen-bond donors (Lipinski definition) is 1. The van der Waals surface area contributed by atoms with E-state index in [4.69, 9.17) is 35.6 Å². The normalized spacial score (nSPS) is 11.7. The van der Waals surface area contributed by atoms with Crippen molar-refractivity contribution in [1.82, 2.24) is 0 Å². The molecule has 1 aliphatic rings. The van der Waals surface area contributed by atoms with Crippen LogP contribution in [-0.2, 0) is 74.5 Å². The summed E-state index contributed by atoms with van der Waals surface area (Å²) in [7, 11) is -24.2. The number of aliphatic hydroxyl groups excluding tert-OH is 1. The van der Waals surface area contributed by atoms with Crippen LogP contribution in [0.4, 0.5) is 0 Å². The summed E-state index contributed by atoms with van der Waals surface area (Å²) in [6.45, 7) is 0.129. The van der Waals surface area contributed by atoms with Gasteiger partial charge in [0, 0.05) is 34.3 Å². The molecule has 0 aromatic rings. The van der Waals surface area contributed by atoms with Crippen LogP contribution < -0.4 is 207 Å². The second-order valence-corrected chi connectivity index (χ2v) is 12.8. The zero-order chi connectivity index (χ0) is 29.1. The van der Waals surface area contributed by atoms with Gasteiger partial charge in [-0.15, -0.1) is 0 Å². The molecule has 0 bridgehead atoms. The van der Waals surface area contributed by atoms with Crippen LogP contribution in [0, 0.1) is 0 Å². The molecule has 1 rings (SSSR count). The van der Waals surface area contributed by atoms with Crippen molar-refractivity contribution in [1.29, 1.82) is 0 Å². The molecule has 1 fully saturated rings. The molecule has 0 amide bonds. The van der Waals surface area contributed by atoms with E-state index in [0.717, 1.165) is 0 Å². The quantitative estimate of drug-likeness (QED) is 0.0620. The van der Waals surface area contributed by atoms with Crippen LogP contribution in [0.2, 0.25) is 0 Å². The molecule has 1 aliphatic heterocycles. The Kier molecular flexibility index (Phi) is 104. The maximum Gasteiger partial charge on any atom is 1.00 e. The van der Waals surface area contributed by atoms with Crippen LogP contribution in [0.3, 0.4) is 0 Å². The van der Waals surface area contributed by atoms with Crippen molar-refractivity contribution < 1.29 is 305 Å². The van der Waals surface area contributed by atoms with E-state index < -0.39 is 85.5 Å². The molecule has 0 spiro atoms. The van der Waals surface area contributed by atoms with E-state index in [2.05, 4.69) is 4.18 Å². The van der Waals surface area contributed by atoms with Gasteiger partial charge in [0.15, 0.2) is 0 Å². The van der Waals surface area contributed by atoms with E-state index in [1.165, 1.54) is 0 Å². The zero-order valence-corrected chi connectivity index (χ0v) is 43.9. The Morgan fingerprint density at radius 1 is 0.644 bits per heavy atom. The van der Waals surface area contributed by atoms with Gasteiger partial charge in [0.2, 0.25) is 0 Å². The van der Waals surface area contributed by atoms with Crippen molar-refractivity contribution in [2.24, 2.45) is 0 Å². The summed E-state index contributed by atoms with van der Waals surface area (Å²) in [4.78, 5) is 0. The van der Waals surface area contributed by atoms with E-state index >= 15 is 0 Å². The number of aliphatic hydroxyl groups is 1. The fourth-order valence-electron chi connectivity index (χ4n) is 1.13. The maximum absolute atomic E-state index is 10.2. The van der Waals surface area contributed by atoms with Crippen LogP contribution >= 0.6 is 0 Å². The van der Waals surface area contributed by atoms with Crippen molar-refractivity contribution in [2.45, 2.75) is 26.7 Å². The molecule has 45 heavy (non-hydrogen) atoms. The van der Waals surface area contributed by atoms with Gasteiger partial charge < -0.3 is 51.8 Å². The Balaban J connectivity index is -0.0000000217. The van der Waals surface area contributed by atoms with Gasteiger partial charge in [-0.05, 0) is 19.3 Å². The SMILES string of the molecule is C.O.O.O=S(=O)([O-])CCCO.O=S(=O)([O-])CCCS(=O)(=O)[O-].O=S(=O)([O-])[O-].O=S1(=O)CCCO1.O=[S-](=O)[O-].[Na+].[Na+].[Na+].[Na+].[Na+].[Na+].[Na+]. The second kappa shape index (κ2) is 50.3. The maximum atomic E-state index is 10.2. The van der Waals surface area contributed by atoms with Crippen molar-refractivity contribution in [2.75, 3.05) is 36.2 Å². The molecule has 0 radical (unpaired) electrons. The molecule has 242 valence electrons. The fourth-order valence-corrected chi connectivity index (χ4v) is 3.76. The van der Waals surface area contributed by atoms with Gasteiger partial charge in [-0.1, -0.05) is 7.43 Å². The predicted molar refractivity (Wildman–Crippen MR) is 118 cm³/mol. The topological polar surface area (TPSA) is 436 Å². The number of rotatable bonds is 7. The first kappa shape index (κ1) is 93.3. The van der Waals surface area contributed by atoms with Gasteiger partial charge in [-0.2, -0.15) is 19.4 Å². The van der Waals surface area contributed by atoms with Crippen LogP contribution in [0.5, 0.6) is 0 Å². The summed E-state index contributed by atoms with van der Waals surface area (Å²) in [5, 5.41) is 8.03. The smallest absolute Gasteiger partial charge is 0.917 e. The largest absolute Gasteiger partial charge is 1.00 e. The molecule has 1 heterocycles. The molecule has 0 aromatic heterocycles. The summed E-state index contributed by atoms with van der Waals surface area (Å²) in [6.07, 6.45) is 0.256. The van der Waals surface area contributed by atoms with Crippen LogP contribution in [-0.4, -0.2) is 122 Å². The first-order chi connectivity index (χ1) is 15.2. The second-order valence-electron chi connectivity index (χ2n) is 5.27. The first-order valence-electron chi connectivity index (χ1n) is 7.93. The molecular formula is C10H27Na7O22S6. The molecule has 0 aromatic carbocycles. The minimum atomic E-state index is -5.17. The third-order valence-corrected chi connectivity index (χ3v) is 5.82. The van der Waals surface area contributed by atoms with E-state index in [9.17, 15) is 47.3 Å². The zero-order valence-electron chi connectivity index (χ0n) is 25.0. The summed E-state index contributed by atoms with van der Waals surface area (Å²) < 4.78 is 173. The summed E-state index contributed by atoms with van der Waals surface area (Å²) in [6, 6.07) is 0. The Morgan fingerprint density at radius 3 is 0.956 bits per heavy atom. The van der Waals surface area contributed by atoms with Crippen molar-refractivity contribution in [3.63, 3.8) is 0 Å². The van der Waals surface area contributed by atoms with Gasteiger partial charge in [0.1, 0.15) is 0 Å². The van der Waals surface area contributed by atoms with Crippen LogP contribution in [0.15, 0.2) is 0 Å². The first-order valence-corrected chi connectivity index (χ1v) is 16.6. The van der Waals surface area contributed by atoms with Crippen LogP contribution in [0.1, 0.15) is 26.7 Å². The predicted octanol–water partition coefficient (Wildman–Crippen LogP) is -26.8. The summed E-state index contributed by atoms with van der Waals surface area (Å²) in [5.41, 5.74) is 0. The minimum absolute atomic E-state index is 0. The number of hydrogen-bond acceptors (Lipinski definition) is 21. The average Bonchev–Trinajstić information content (AvgIpc) is 2.93. The molecule has 0 unspecified atom stereocenters. The van der Waals surface area contributed by atoms with Gasteiger partial charge in [-0.25, -0.2) is 25.3 Å². The van der Waals surface area contributed by atoms with Crippen molar-refractivity contribution >= 4 is 61.9 Å². The Hall–Kier alpha value is 6.30. The molecule has 35 heteroatoms. The Morgan fingerprint density at radius 2 is 0.867 bits per heavy atom.